The van der Waals surface area contributed by atoms with E-state index in [1.807, 2.05) is 18.2 Å². The van der Waals surface area contributed by atoms with Gasteiger partial charge >= 0.3 is 0 Å². The Hall–Kier alpha value is -2.01. The predicted molar refractivity (Wildman–Crippen MR) is 88.7 cm³/mol. The Labute approximate surface area is 134 Å². The quantitative estimate of drug-likeness (QED) is 0.864. The van der Waals surface area contributed by atoms with Crippen LogP contribution < -0.4 is 5.32 Å². The molecule has 22 heavy (non-hydrogen) atoms. The molecule has 0 aliphatic heterocycles. The third-order valence-electron chi connectivity index (χ3n) is 3.62. The molecule has 0 radical (unpaired) electrons. The van der Waals surface area contributed by atoms with Crippen LogP contribution in [0, 0.1) is 0 Å². The van der Waals surface area contributed by atoms with Gasteiger partial charge in [0.1, 0.15) is 0 Å². The summed E-state index contributed by atoms with van der Waals surface area (Å²) in [5.74, 6) is -0.0908. The van der Waals surface area contributed by atoms with Gasteiger partial charge in [-0.1, -0.05) is 6.07 Å². The van der Waals surface area contributed by atoms with Crippen LogP contribution in [0.3, 0.4) is 0 Å². The molecular weight excluding hydrogens is 294 g/mol. The lowest BCUT2D eigenvalue weighted by atomic mass is 10.0. The van der Waals surface area contributed by atoms with Gasteiger partial charge in [-0.25, -0.2) is 4.98 Å². The lowest BCUT2D eigenvalue weighted by Crippen LogP contribution is -2.23. The summed E-state index contributed by atoms with van der Waals surface area (Å²) in [5.41, 5.74) is 2.07. The maximum Gasteiger partial charge on any atom is 0.244 e. The standard InChI is InChI=1S/C17H19N3OS/c21-16(9-8-13-5-3-4-11-18-13)19-12-10-17-20-14-6-1-2-7-15(14)22-17/h3-5,8-9,11H,1-2,6-7,10,12H2,(H,19,21)/b9-8+. The van der Waals surface area contributed by atoms with Crippen LogP contribution in [0.5, 0.6) is 0 Å². The van der Waals surface area contributed by atoms with Crippen LogP contribution in [-0.2, 0) is 24.1 Å². The average molecular weight is 313 g/mol. The Morgan fingerprint density at radius 2 is 2.23 bits per heavy atom. The van der Waals surface area contributed by atoms with Crippen molar-refractivity contribution in [2.75, 3.05) is 6.54 Å². The average Bonchev–Trinajstić information content (AvgIpc) is 2.96. The molecule has 0 atom stereocenters. The maximum absolute atomic E-state index is 11.8. The van der Waals surface area contributed by atoms with E-state index < -0.39 is 0 Å². The van der Waals surface area contributed by atoms with Gasteiger partial charge in [0.2, 0.25) is 5.91 Å². The molecule has 0 saturated heterocycles. The molecule has 0 spiro atoms. The van der Waals surface area contributed by atoms with Crippen LogP contribution >= 0.6 is 11.3 Å². The fourth-order valence-electron chi connectivity index (χ4n) is 2.50. The molecule has 2 heterocycles. The number of nitrogens with zero attached hydrogens (tertiary/aromatic N) is 2. The number of hydrogen-bond donors (Lipinski definition) is 1. The molecule has 0 fully saturated rings. The Balaban J connectivity index is 1.45. The van der Waals surface area contributed by atoms with Gasteiger partial charge in [-0.2, -0.15) is 0 Å². The minimum absolute atomic E-state index is 0.0908. The number of rotatable bonds is 5. The van der Waals surface area contributed by atoms with Crippen molar-refractivity contribution in [1.82, 2.24) is 15.3 Å². The molecule has 0 aromatic carbocycles. The normalized spacial score (nSPS) is 14.0. The molecular formula is C17H19N3OS. The molecule has 0 saturated carbocycles. The van der Waals surface area contributed by atoms with E-state index in [0.717, 1.165) is 23.5 Å². The van der Waals surface area contributed by atoms with E-state index in [9.17, 15) is 4.79 Å². The first-order chi connectivity index (χ1) is 10.8. The first-order valence-electron chi connectivity index (χ1n) is 7.65. The fraction of sp³-hybridized carbons (Fsp3) is 0.353. The van der Waals surface area contributed by atoms with Crippen molar-refractivity contribution in [2.45, 2.75) is 32.1 Å². The highest BCUT2D eigenvalue weighted by molar-refractivity contribution is 7.11. The summed E-state index contributed by atoms with van der Waals surface area (Å²) >= 11 is 1.81. The third-order valence-corrected chi connectivity index (χ3v) is 4.84. The first-order valence-corrected chi connectivity index (χ1v) is 8.47. The summed E-state index contributed by atoms with van der Waals surface area (Å²) < 4.78 is 0. The van der Waals surface area contributed by atoms with Crippen molar-refractivity contribution < 1.29 is 4.79 Å². The second kappa shape index (κ2) is 7.31. The van der Waals surface area contributed by atoms with Gasteiger partial charge in [-0.05, 0) is 43.9 Å². The highest BCUT2D eigenvalue weighted by Gasteiger charge is 2.14. The molecule has 114 valence electrons. The number of aryl methyl sites for hydroxylation is 2. The van der Waals surface area contributed by atoms with E-state index in [0.29, 0.717) is 6.54 Å². The molecule has 2 aromatic heterocycles. The van der Waals surface area contributed by atoms with E-state index in [-0.39, 0.29) is 5.91 Å². The Bertz CT molecular complexity index is 640. The zero-order chi connectivity index (χ0) is 15.2. The third kappa shape index (κ3) is 4.01. The largest absolute Gasteiger partial charge is 0.352 e. The zero-order valence-corrected chi connectivity index (χ0v) is 13.2. The molecule has 5 heteroatoms. The smallest absolute Gasteiger partial charge is 0.244 e. The molecule has 0 bridgehead atoms. The number of nitrogens with one attached hydrogen (secondary N) is 1. The van der Waals surface area contributed by atoms with Gasteiger partial charge in [0.05, 0.1) is 16.4 Å². The van der Waals surface area contributed by atoms with Crippen LogP contribution in [0.2, 0.25) is 0 Å². The molecule has 0 unspecified atom stereocenters. The van der Waals surface area contributed by atoms with Crippen molar-refractivity contribution in [1.29, 1.82) is 0 Å². The number of thiazole rings is 1. The number of fused-ring (bicyclic) bond motifs is 1. The second-order valence-corrected chi connectivity index (χ2v) is 6.48. The van der Waals surface area contributed by atoms with Gasteiger partial charge < -0.3 is 5.32 Å². The molecule has 1 amide bonds. The van der Waals surface area contributed by atoms with Crippen molar-refractivity contribution >= 4 is 23.3 Å². The number of hydrogen-bond acceptors (Lipinski definition) is 4. The number of aromatic nitrogens is 2. The Morgan fingerprint density at radius 3 is 3.05 bits per heavy atom. The van der Waals surface area contributed by atoms with Gasteiger partial charge in [0.15, 0.2) is 0 Å². The highest BCUT2D eigenvalue weighted by atomic mass is 32.1. The summed E-state index contributed by atoms with van der Waals surface area (Å²) in [7, 11) is 0. The Morgan fingerprint density at radius 1 is 1.32 bits per heavy atom. The predicted octanol–water partition coefficient (Wildman–Crippen LogP) is 2.79. The van der Waals surface area contributed by atoms with E-state index >= 15 is 0 Å². The zero-order valence-electron chi connectivity index (χ0n) is 12.4. The SMILES string of the molecule is O=C(/C=C/c1ccccn1)NCCc1nc2c(s1)CCCC2. The minimum Gasteiger partial charge on any atom is -0.352 e. The van der Waals surface area contributed by atoms with Gasteiger partial charge in [0.25, 0.3) is 0 Å². The first kappa shape index (κ1) is 14.9. The molecule has 3 rings (SSSR count). The lowest BCUT2D eigenvalue weighted by Gasteiger charge is -2.06. The fourth-order valence-corrected chi connectivity index (χ4v) is 3.66. The summed E-state index contributed by atoms with van der Waals surface area (Å²) in [5, 5.41) is 4.03. The van der Waals surface area contributed by atoms with Crippen molar-refractivity contribution in [3.63, 3.8) is 0 Å². The Kier molecular flexibility index (Phi) is 4.96. The maximum atomic E-state index is 11.8. The number of carbonyl (C=O) groups is 1. The minimum atomic E-state index is -0.0908. The summed E-state index contributed by atoms with van der Waals surface area (Å²) in [6.45, 7) is 0.623. The van der Waals surface area contributed by atoms with Gasteiger partial charge in [-0.15, -0.1) is 11.3 Å². The van der Waals surface area contributed by atoms with Gasteiger partial charge in [0, 0.05) is 30.1 Å². The van der Waals surface area contributed by atoms with Crippen LogP contribution in [-0.4, -0.2) is 22.4 Å². The molecule has 1 aliphatic rings. The molecule has 4 nitrogen and oxygen atoms in total. The van der Waals surface area contributed by atoms with Crippen molar-refractivity contribution in [3.05, 3.63) is 51.7 Å². The summed E-state index contributed by atoms with van der Waals surface area (Å²) in [6.07, 6.45) is 10.6. The van der Waals surface area contributed by atoms with E-state index in [1.165, 1.54) is 35.9 Å². The molecule has 1 aliphatic carbocycles. The van der Waals surface area contributed by atoms with Crippen LogP contribution in [0.25, 0.3) is 6.08 Å². The number of pyridine rings is 1. The second-order valence-electron chi connectivity index (χ2n) is 5.31. The van der Waals surface area contributed by atoms with Crippen LogP contribution in [0.1, 0.15) is 34.1 Å². The number of amides is 1. The van der Waals surface area contributed by atoms with E-state index in [4.69, 9.17) is 0 Å². The highest BCUT2D eigenvalue weighted by Crippen LogP contribution is 2.26. The van der Waals surface area contributed by atoms with Gasteiger partial charge in [-0.3, -0.25) is 9.78 Å². The van der Waals surface area contributed by atoms with E-state index in [2.05, 4.69) is 15.3 Å². The molecule has 2 aromatic rings. The number of carbonyl (C=O) groups excluding carboxylic acids is 1. The van der Waals surface area contributed by atoms with Crippen LogP contribution in [0.15, 0.2) is 30.5 Å². The summed E-state index contributed by atoms with van der Waals surface area (Å²) in [6, 6.07) is 5.61. The lowest BCUT2D eigenvalue weighted by molar-refractivity contribution is -0.116. The van der Waals surface area contributed by atoms with E-state index in [1.54, 1.807) is 23.6 Å². The van der Waals surface area contributed by atoms with Crippen LogP contribution in [0.4, 0.5) is 0 Å². The molecule has 1 N–H and O–H groups in total. The van der Waals surface area contributed by atoms with Crippen molar-refractivity contribution in [3.8, 4) is 0 Å². The monoisotopic (exact) mass is 313 g/mol. The topological polar surface area (TPSA) is 54.9 Å². The van der Waals surface area contributed by atoms with Crippen molar-refractivity contribution in [2.24, 2.45) is 0 Å². The summed E-state index contributed by atoms with van der Waals surface area (Å²) in [4.78, 5) is 22.0.